The van der Waals surface area contributed by atoms with Gasteiger partial charge in [0.1, 0.15) is 11.0 Å². The molecule has 1 saturated carbocycles. The minimum absolute atomic E-state index is 0.0467. The molecule has 1 fully saturated rings. The van der Waals surface area contributed by atoms with Crippen LogP contribution in [0.25, 0.3) is 0 Å². The van der Waals surface area contributed by atoms with Crippen LogP contribution in [0.15, 0.2) is 30.5 Å². The Kier molecular flexibility index (Phi) is 5.71. The number of hydrogen-bond acceptors (Lipinski definition) is 3. The zero-order valence-electron chi connectivity index (χ0n) is 13.4. The molecule has 132 valence electrons. The monoisotopic (exact) mass is 398 g/mol. The van der Waals surface area contributed by atoms with Gasteiger partial charge in [-0.15, -0.1) is 0 Å². The Hall–Kier alpha value is -1.50. The van der Waals surface area contributed by atoms with Gasteiger partial charge in [0.2, 0.25) is 0 Å². The fourth-order valence-corrected chi connectivity index (χ4v) is 3.79. The van der Waals surface area contributed by atoms with Crippen molar-refractivity contribution >= 4 is 46.4 Å². The van der Waals surface area contributed by atoms with Crippen molar-refractivity contribution in [1.82, 2.24) is 15.3 Å². The predicted octanol–water partition coefficient (Wildman–Crippen LogP) is 4.72. The normalized spacial score (nSPS) is 15.8. The largest absolute Gasteiger partial charge is 0.362 e. The Morgan fingerprint density at radius 2 is 1.88 bits per heavy atom. The van der Waals surface area contributed by atoms with Crippen molar-refractivity contribution in [2.45, 2.75) is 31.1 Å². The molecule has 2 N–H and O–H groups in total. The molecule has 1 heterocycles. The molecule has 4 nitrogen and oxygen atoms in total. The molecule has 0 amide bonds. The zero-order valence-corrected chi connectivity index (χ0v) is 15.7. The Balaban J connectivity index is 1.67. The summed E-state index contributed by atoms with van der Waals surface area (Å²) in [5, 5.41) is 6.96. The molecule has 0 saturated heterocycles. The first-order chi connectivity index (χ1) is 12.0. The molecule has 0 bridgehead atoms. The molecular formula is C17H17Cl2FN4S. The lowest BCUT2D eigenvalue weighted by Gasteiger charge is -2.30. The molecule has 1 aromatic carbocycles. The molecule has 2 aromatic rings. The van der Waals surface area contributed by atoms with E-state index in [0.717, 1.165) is 31.2 Å². The van der Waals surface area contributed by atoms with Crippen LogP contribution in [-0.2, 0) is 5.41 Å². The number of benzene rings is 1. The van der Waals surface area contributed by atoms with Crippen molar-refractivity contribution in [3.05, 3.63) is 52.1 Å². The molecule has 0 spiro atoms. The van der Waals surface area contributed by atoms with Gasteiger partial charge in [0.25, 0.3) is 0 Å². The van der Waals surface area contributed by atoms with E-state index < -0.39 is 0 Å². The Labute approximate surface area is 161 Å². The summed E-state index contributed by atoms with van der Waals surface area (Å²) in [7, 11) is 0. The topological polar surface area (TPSA) is 49.8 Å². The van der Waals surface area contributed by atoms with Crippen LogP contribution in [0.2, 0.25) is 10.3 Å². The van der Waals surface area contributed by atoms with Crippen LogP contribution in [0.4, 0.5) is 10.2 Å². The lowest BCUT2D eigenvalue weighted by Crippen LogP contribution is -2.41. The van der Waals surface area contributed by atoms with Crippen molar-refractivity contribution < 1.29 is 4.39 Å². The molecule has 0 unspecified atom stereocenters. The smallest absolute Gasteiger partial charge is 0.173 e. The second kappa shape index (κ2) is 7.81. The summed E-state index contributed by atoms with van der Waals surface area (Å²) in [4.78, 5) is 7.99. The number of halogens is 3. The minimum atomic E-state index is -0.224. The molecule has 0 aliphatic heterocycles. The molecule has 1 aliphatic rings. The van der Waals surface area contributed by atoms with Gasteiger partial charge in [-0.25, -0.2) is 14.4 Å². The van der Waals surface area contributed by atoms with Crippen molar-refractivity contribution in [3.8, 4) is 0 Å². The van der Waals surface area contributed by atoms with Crippen LogP contribution < -0.4 is 10.6 Å². The first-order valence-electron chi connectivity index (χ1n) is 7.97. The van der Waals surface area contributed by atoms with E-state index in [4.69, 9.17) is 35.4 Å². The van der Waals surface area contributed by atoms with Crippen molar-refractivity contribution in [1.29, 1.82) is 0 Å². The number of thiocarbonyl (C=S) groups is 1. The number of nitrogens with zero attached hydrogens (tertiary/aromatic N) is 2. The van der Waals surface area contributed by atoms with Crippen LogP contribution in [0.3, 0.4) is 0 Å². The summed E-state index contributed by atoms with van der Waals surface area (Å²) in [6, 6.07) is 6.74. The van der Waals surface area contributed by atoms with E-state index in [1.807, 2.05) is 12.1 Å². The van der Waals surface area contributed by atoms with Crippen LogP contribution in [0.1, 0.15) is 31.2 Å². The minimum Gasteiger partial charge on any atom is -0.362 e. The Morgan fingerprint density at radius 1 is 1.20 bits per heavy atom. The van der Waals surface area contributed by atoms with E-state index in [0.29, 0.717) is 17.5 Å². The van der Waals surface area contributed by atoms with Gasteiger partial charge in [-0.2, -0.15) is 0 Å². The maximum absolute atomic E-state index is 13.2. The third kappa shape index (κ3) is 4.37. The molecule has 3 rings (SSSR count). The summed E-state index contributed by atoms with van der Waals surface area (Å²) >= 11 is 17.1. The standard InChI is InChI=1S/C17H17Cl2FN4S/c18-13-9-21-15(14(19)23-13)24-16(25)22-10-17(7-1-2-8-17)11-3-5-12(20)6-4-11/h3-6,9H,1-2,7-8,10H2,(H2,21,22,24,25). The van der Waals surface area contributed by atoms with Gasteiger partial charge >= 0.3 is 0 Å². The fourth-order valence-electron chi connectivity index (χ4n) is 3.25. The fraction of sp³-hybridized carbons (Fsp3) is 0.353. The number of anilines is 1. The maximum Gasteiger partial charge on any atom is 0.173 e. The van der Waals surface area contributed by atoms with Crippen LogP contribution >= 0.6 is 35.4 Å². The second-order valence-corrected chi connectivity index (χ2v) is 7.29. The molecule has 0 atom stereocenters. The number of hydrogen-bond donors (Lipinski definition) is 2. The SMILES string of the molecule is Fc1ccc(C2(CNC(=S)Nc3ncc(Cl)nc3Cl)CCCC2)cc1. The maximum atomic E-state index is 13.2. The van der Waals surface area contributed by atoms with Gasteiger partial charge in [-0.05, 0) is 42.8 Å². The van der Waals surface area contributed by atoms with Gasteiger partial charge in [-0.1, -0.05) is 48.2 Å². The third-order valence-corrected chi connectivity index (χ3v) is 5.23. The van der Waals surface area contributed by atoms with Crippen molar-refractivity contribution in [2.75, 3.05) is 11.9 Å². The van der Waals surface area contributed by atoms with E-state index in [-0.39, 0.29) is 21.5 Å². The third-order valence-electron chi connectivity index (χ3n) is 4.54. The number of rotatable bonds is 4. The number of aromatic nitrogens is 2. The molecule has 25 heavy (non-hydrogen) atoms. The highest BCUT2D eigenvalue weighted by atomic mass is 35.5. The molecule has 1 aromatic heterocycles. The summed E-state index contributed by atoms with van der Waals surface area (Å²) in [6.07, 6.45) is 5.77. The van der Waals surface area contributed by atoms with E-state index >= 15 is 0 Å². The lowest BCUT2D eigenvalue weighted by atomic mass is 9.79. The van der Waals surface area contributed by atoms with Crippen LogP contribution in [0.5, 0.6) is 0 Å². The van der Waals surface area contributed by atoms with Crippen molar-refractivity contribution in [2.24, 2.45) is 0 Å². The van der Waals surface area contributed by atoms with E-state index in [9.17, 15) is 4.39 Å². The van der Waals surface area contributed by atoms with E-state index in [1.165, 1.54) is 18.3 Å². The molecule has 8 heteroatoms. The molecule has 0 radical (unpaired) electrons. The predicted molar refractivity (Wildman–Crippen MR) is 103 cm³/mol. The summed E-state index contributed by atoms with van der Waals surface area (Å²) in [5.74, 6) is 0.129. The van der Waals surface area contributed by atoms with Gasteiger partial charge in [0, 0.05) is 12.0 Å². The zero-order chi connectivity index (χ0) is 17.9. The molecular weight excluding hydrogens is 382 g/mol. The highest BCUT2D eigenvalue weighted by molar-refractivity contribution is 7.80. The quantitative estimate of drug-likeness (QED) is 0.729. The van der Waals surface area contributed by atoms with Gasteiger partial charge in [0.05, 0.1) is 6.20 Å². The van der Waals surface area contributed by atoms with Gasteiger partial charge in [-0.3, -0.25) is 0 Å². The second-order valence-electron chi connectivity index (χ2n) is 6.13. The Bertz CT molecular complexity index is 764. The first kappa shape index (κ1) is 18.3. The summed E-state index contributed by atoms with van der Waals surface area (Å²) < 4.78 is 13.2. The van der Waals surface area contributed by atoms with E-state index in [2.05, 4.69) is 20.6 Å². The van der Waals surface area contributed by atoms with E-state index in [1.54, 1.807) is 0 Å². The highest BCUT2D eigenvalue weighted by Crippen LogP contribution is 2.40. The molecule has 1 aliphatic carbocycles. The number of nitrogens with one attached hydrogen (secondary N) is 2. The Morgan fingerprint density at radius 3 is 2.52 bits per heavy atom. The van der Waals surface area contributed by atoms with Gasteiger partial charge < -0.3 is 10.6 Å². The van der Waals surface area contributed by atoms with Crippen LogP contribution in [-0.4, -0.2) is 21.6 Å². The average molecular weight is 399 g/mol. The van der Waals surface area contributed by atoms with Gasteiger partial charge in [0.15, 0.2) is 16.1 Å². The van der Waals surface area contributed by atoms with Crippen LogP contribution in [0, 0.1) is 5.82 Å². The first-order valence-corrected chi connectivity index (χ1v) is 9.14. The summed E-state index contributed by atoms with van der Waals surface area (Å²) in [6.45, 7) is 0.656. The van der Waals surface area contributed by atoms with Crippen molar-refractivity contribution in [3.63, 3.8) is 0 Å². The highest BCUT2D eigenvalue weighted by Gasteiger charge is 2.35. The average Bonchev–Trinajstić information content (AvgIpc) is 3.06. The lowest BCUT2D eigenvalue weighted by molar-refractivity contribution is 0.434. The summed E-state index contributed by atoms with van der Waals surface area (Å²) in [5.41, 5.74) is 1.08.